The van der Waals surface area contributed by atoms with E-state index in [0.717, 1.165) is 15.8 Å². The average molecular weight is 317 g/mol. The number of nitrogens with zero attached hydrogens (tertiary/aromatic N) is 1. The Kier molecular flexibility index (Phi) is 4.65. The van der Waals surface area contributed by atoms with Gasteiger partial charge in [0.1, 0.15) is 8.07 Å². The largest absolute Gasteiger partial charge is 0.338 e. The van der Waals surface area contributed by atoms with Crippen LogP contribution >= 0.6 is 11.3 Å². The van der Waals surface area contributed by atoms with Gasteiger partial charge in [0.25, 0.3) is 0 Å². The summed E-state index contributed by atoms with van der Waals surface area (Å²) in [6.07, 6.45) is 0. The smallest absolute Gasteiger partial charge is 0.321 e. The highest BCUT2D eigenvalue weighted by molar-refractivity contribution is 7.22. The monoisotopic (exact) mass is 317 g/mol. The number of urea groups is 1. The van der Waals surface area contributed by atoms with Crippen molar-refractivity contribution in [2.24, 2.45) is 0 Å². The van der Waals surface area contributed by atoms with Crippen LogP contribution < -0.4 is 10.6 Å². The van der Waals surface area contributed by atoms with Gasteiger partial charge in [-0.3, -0.25) is 5.32 Å². The van der Waals surface area contributed by atoms with Crippen LogP contribution in [0, 0.1) is 11.5 Å². The number of nitrogens with one attached hydrogen (secondary N) is 2. The fraction of sp³-hybridized carbons (Fsp3) is 0.333. The molecule has 21 heavy (non-hydrogen) atoms. The second-order valence-corrected chi connectivity index (χ2v) is 11.4. The number of aromatic nitrogens is 1. The van der Waals surface area contributed by atoms with E-state index in [-0.39, 0.29) is 6.03 Å². The van der Waals surface area contributed by atoms with Crippen molar-refractivity contribution < 1.29 is 4.79 Å². The summed E-state index contributed by atoms with van der Waals surface area (Å²) >= 11 is 1.46. The lowest BCUT2D eigenvalue weighted by Crippen LogP contribution is -2.28. The predicted molar refractivity (Wildman–Crippen MR) is 92.5 cm³/mol. The van der Waals surface area contributed by atoms with Crippen LogP contribution in [0.3, 0.4) is 0 Å². The summed E-state index contributed by atoms with van der Waals surface area (Å²) in [5.41, 5.74) is 5.22. The molecule has 0 aliphatic carbocycles. The summed E-state index contributed by atoms with van der Waals surface area (Å²) in [7, 11) is -1.41. The summed E-state index contributed by atoms with van der Waals surface area (Å²) in [6, 6.07) is 5.66. The SMILES string of the molecule is CCNC(=O)Nc1nc2cccc(C#C[Si](C)(C)C)c2s1. The molecule has 4 nitrogen and oxygen atoms in total. The molecule has 2 N–H and O–H groups in total. The van der Waals surface area contributed by atoms with E-state index in [2.05, 4.69) is 46.7 Å². The van der Waals surface area contributed by atoms with Crippen molar-refractivity contribution in [2.45, 2.75) is 26.6 Å². The molecule has 0 fully saturated rings. The van der Waals surface area contributed by atoms with Gasteiger partial charge in [-0.1, -0.05) is 43.0 Å². The van der Waals surface area contributed by atoms with Gasteiger partial charge in [0.05, 0.1) is 10.2 Å². The maximum absolute atomic E-state index is 11.6. The number of carbonyl (C=O) groups excluding carboxylic acids is 1. The molecule has 0 bridgehead atoms. The number of thiazole rings is 1. The van der Waals surface area contributed by atoms with Crippen molar-refractivity contribution in [3.05, 3.63) is 23.8 Å². The van der Waals surface area contributed by atoms with Crippen molar-refractivity contribution in [2.75, 3.05) is 11.9 Å². The summed E-state index contributed by atoms with van der Waals surface area (Å²) in [5, 5.41) is 6.04. The van der Waals surface area contributed by atoms with E-state index in [9.17, 15) is 4.79 Å². The van der Waals surface area contributed by atoms with Crippen LogP contribution in [0.25, 0.3) is 10.2 Å². The van der Waals surface area contributed by atoms with Gasteiger partial charge in [-0.2, -0.15) is 0 Å². The lowest BCUT2D eigenvalue weighted by molar-refractivity contribution is 0.252. The maximum atomic E-state index is 11.6. The molecule has 0 saturated heterocycles. The number of carbonyl (C=O) groups is 1. The maximum Gasteiger partial charge on any atom is 0.321 e. The average Bonchev–Trinajstić information content (AvgIpc) is 2.78. The first-order valence-electron chi connectivity index (χ1n) is 6.86. The van der Waals surface area contributed by atoms with Crippen LogP contribution in [0.5, 0.6) is 0 Å². The van der Waals surface area contributed by atoms with E-state index >= 15 is 0 Å². The summed E-state index contributed by atoms with van der Waals surface area (Å²) in [5.74, 6) is 3.27. The van der Waals surface area contributed by atoms with Gasteiger partial charge in [-0.05, 0) is 19.1 Å². The topological polar surface area (TPSA) is 54.0 Å². The highest BCUT2D eigenvalue weighted by Gasteiger charge is 2.11. The molecule has 110 valence electrons. The molecular weight excluding hydrogens is 298 g/mol. The van der Waals surface area contributed by atoms with Gasteiger partial charge in [0.15, 0.2) is 5.13 Å². The van der Waals surface area contributed by atoms with E-state index in [1.807, 2.05) is 25.1 Å². The number of rotatable bonds is 2. The Morgan fingerprint density at radius 1 is 1.38 bits per heavy atom. The first-order valence-corrected chi connectivity index (χ1v) is 11.2. The van der Waals surface area contributed by atoms with Crippen LogP contribution in [0.1, 0.15) is 12.5 Å². The number of hydrogen-bond acceptors (Lipinski definition) is 3. The van der Waals surface area contributed by atoms with E-state index < -0.39 is 8.07 Å². The number of fused-ring (bicyclic) bond motifs is 1. The summed E-state index contributed by atoms with van der Waals surface area (Å²) in [6.45, 7) is 9.12. The predicted octanol–water partition coefficient (Wildman–Crippen LogP) is 3.67. The third-order valence-electron chi connectivity index (χ3n) is 2.54. The molecule has 2 amide bonds. The highest BCUT2D eigenvalue weighted by atomic mass is 32.1. The molecule has 0 aliphatic heterocycles. The van der Waals surface area contributed by atoms with Gasteiger partial charge in [0.2, 0.25) is 0 Å². The minimum Gasteiger partial charge on any atom is -0.338 e. The van der Waals surface area contributed by atoms with Gasteiger partial charge in [-0.15, -0.1) is 5.54 Å². The first kappa shape index (κ1) is 15.5. The molecule has 1 aromatic carbocycles. The van der Waals surface area contributed by atoms with Gasteiger partial charge in [0, 0.05) is 12.1 Å². The lowest BCUT2D eigenvalue weighted by Gasteiger charge is -2.03. The van der Waals surface area contributed by atoms with Crippen LogP contribution in [-0.4, -0.2) is 25.6 Å². The van der Waals surface area contributed by atoms with Crippen LogP contribution in [0.2, 0.25) is 19.6 Å². The Balaban J connectivity index is 2.34. The lowest BCUT2D eigenvalue weighted by atomic mass is 10.2. The van der Waals surface area contributed by atoms with E-state index in [4.69, 9.17) is 0 Å². The molecule has 1 aromatic heterocycles. The fourth-order valence-corrected chi connectivity index (χ4v) is 3.10. The molecule has 0 saturated carbocycles. The minimum absolute atomic E-state index is 0.230. The zero-order chi connectivity index (χ0) is 15.5. The Hall–Kier alpha value is -1.84. The molecule has 0 spiro atoms. The second kappa shape index (κ2) is 6.29. The normalized spacial score (nSPS) is 10.9. The van der Waals surface area contributed by atoms with Gasteiger partial charge in [-0.25, -0.2) is 9.78 Å². The third-order valence-corrected chi connectivity index (χ3v) is 4.44. The summed E-state index contributed by atoms with van der Waals surface area (Å²) in [4.78, 5) is 16.0. The number of hydrogen-bond donors (Lipinski definition) is 2. The molecule has 0 aliphatic rings. The van der Waals surface area contributed by atoms with Gasteiger partial charge >= 0.3 is 6.03 Å². The Morgan fingerprint density at radius 2 is 2.14 bits per heavy atom. The van der Waals surface area contributed by atoms with E-state index in [0.29, 0.717) is 11.7 Å². The Labute approximate surface area is 130 Å². The van der Waals surface area contributed by atoms with E-state index in [1.165, 1.54) is 11.3 Å². The van der Waals surface area contributed by atoms with Crippen molar-refractivity contribution >= 4 is 40.8 Å². The quantitative estimate of drug-likeness (QED) is 0.656. The van der Waals surface area contributed by atoms with Crippen LogP contribution in [0.4, 0.5) is 9.93 Å². The van der Waals surface area contributed by atoms with Crippen LogP contribution in [0.15, 0.2) is 18.2 Å². The Morgan fingerprint density at radius 3 is 2.81 bits per heavy atom. The second-order valence-electron chi connectivity index (χ2n) is 5.66. The summed E-state index contributed by atoms with van der Waals surface area (Å²) < 4.78 is 1.02. The number of anilines is 1. The fourth-order valence-electron chi connectivity index (χ4n) is 1.66. The van der Waals surface area contributed by atoms with Crippen molar-refractivity contribution in [3.8, 4) is 11.5 Å². The minimum atomic E-state index is -1.41. The van der Waals surface area contributed by atoms with Crippen molar-refractivity contribution in [1.29, 1.82) is 0 Å². The molecule has 2 rings (SSSR count). The molecular formula is C15H19N3OSSi. The van der Waals surface area contributed by atoms with Crippen molar-refractivity contribution in [1.82, 2.24) is 10.3 Å². The van der Waals surface area contributed by atoms with E-state index in [1.54, 1.807) is 0 Å². The van der Waals surface area contributed by atoms with Crippen LogP contribution in [-0.2, 0) is 0 Å². The zero-order valence-electron chi connectivity index (χ0n) is 12.7. The van der Waals surface area contributed by atoms with Crippen molar-refractivity contribution in [3.63, 3.8) is 0 Å². The molecule has 1 heterocycles. The standard InChI is InChI=1S/C15H19N3OSSi/c1-5-16-14(19)18-15-17-12-8-6-7-11(13(12)20-15)9-10-21(2,3)4/h6-8H,5H2,1-4H3,(H2,16,17,18,19). The number of amides is 2. The molecule has 2 aromatic rings. The zero-order valence-corrected chi connectivity index (χ0v) is 14.5. The Bertz CT molecular complexity index is 722. The first-order chi connectivity index (χ1) is 9.89. The molecule has 0 radical (unpaired) electrons. The highest BCUT2D eigenvalue weighted by Crippen LogP contribution is 2.28. The number of benzene rings is 1. The molecule has 0 atom stereocenters. The van der Waals surface area contributed by atoms with Gasteiger partial charge < -0.3 is 5.32 Å². The third kappa shape index (κ3) is 4.31. The molecule has 6 heteroatoms. The molecule has 0 unspecified atom stereocenters.